The summed E-state index contributed by atoms with van der Waals surface area (Å²) in [7, 11) is 0. The summed E-state index contributed by atoms with van der Waals surface area (Å²) >= 11 is 1.71. The van der Waals surface area contributed by atoms with Crippen LogP contribution in [0.1, 0.15) is 5.56 Å². The van der Waals surface area contributed by atoms with Gasteiger partial charge in [0.05, 0.1) is 17.4 Å². The summed E-state index contributed by atoms with van der Waals surface area (Å²) in [5, 5.41) is 16.8. The summed E-state index contributed by atoms with van der Waals surface area (Å²) in [6.07, 6.45) is 1.77. The van der Waals surface area contributed by atoms with Crippen LogP contribution in [0.25, 0.3) is 10.9 Å². The molecule has 0 aliphatic heterocycles. The summed E-state index contributed by atoms with van der Waals surface area (Å²) in [6, 6.07) is 10.1. The molecule has 1 aromatic carbocycles. The molecule has 0 atom stereocenters. The van der Waals surface area contributed by atoms with Crippen LogP contribution in [-0.2, 0) is 6.54 Å². The molecular formula is C13H11N3S. The molecule has 1 N–H and O–H groups in total. The Morgan fingerprint density at radius 2 is 2.12 bits per heavy atom. The molecule has 0 saturated heterocycles. The quantitative estimate of drug-likeness (QED) is 0.764. The average molecular weight is 241 g/mol. The fourth-order valence-electron chi connectivity index (χ4n) is 1.74. The third kappa shape index (κ3) is 2.12. The zero-order valence-electron chi connectivity index (χ0n) is 9.13. The van der Waals surface area contributed by atoms with E-state index in [0.29, 0.717) is 0 Å². The minimum absolute atomic E-state index is 0.819. The Morgan fingerprint density at radius 3 is 3.00 bits per heavy atom. The molecule has 84 valence electrons. The molecular weight excluding hydrogens is 230 g/mol. The van der Waals surface area contributed by atoms with Crippen molar-refractivity contribution in [2.24, 2.45) is 0 Å². The van der Waals surface area contributed by atoms with Gasteiger partial charge in [-0.15, -0.1) is 0 Å². The van der Waals surface area contributed by atoms with Crippen LogP contribution in [0, 0.1) is 0 Å². The van der Waals surface area contributed by atoms with Crippen molar-refractivity contribution < 1.29 is 0 Å². The Labute approximate surface area is 103 Å². The van der Waals surface area contributed by atoms with Gasteiger partial charge in [0, 0.05) is 11.9 Å². The first-order chi connectivity index (χ1) is 8.43. The minimum atomic E-state index is 0.819. The van der Waals surface area contributed by atoms with E-state index in [2.05, 4.69) is 38.4 Å². The average Bonchev–Trinajstić information content (AvgIpc) is 2.89. The van der Waals surface area contributed by atoms with Crippen LogP contribution in [0.4, 0.5) is 5.69 Å². The molecule has 4 heteroatoms. The number of benzene rings is 1. The first kappa shape index (κ1) is 10.2. The molecule has 3 aromatic rings. The van der Waals surface area contributed by atoms with Gasteiger partial charge in [0.25, 0.3) is 0 Å². The smallest absolute Gasteiger partial charge is 0.0950 e. The fourth-order valence-corrected chi connectivity index (χ4v) is 2.41. The van der Waals surface area contributed by atoms with Gasteiger partial charge >= 0.3 is 0 Å². The molecule has 0 spiro atoms. The molecule has 3 nitrogen and oxygen atoms in total. The van der Waals surface area contributed by atoms with Gasteiger partial charge in [-0.1, -0.05) is 18.2 Å². The molecule has 2 heterocycles. The number of aromatic nitrogens is 2. The van der Waals surface area contributed by atoms with Crippen molar-refractivity contribution >= 4 is 27.9 Å². The molecule has 0 bridgehead atoms. The highest BCUT2D eigenvalue weighted by molar-refractivity contribution is 7.07. The lowest BCUT2D eigenvalue weighted by Gasteiger charge is -2.07. The summed E-state index contributed by atoms with van der Waals surface area (Å²) in [4.78, 5) is 0. The third-order valence-corrected chi connectivity index (χ3v) is 3.34. The lowest BCUT2D eigenvalue weighted by atomic mass is 10.2. The number of fused-ring (bicyclic) bond motifs is 1. The van der Waals surface area contributed by atoms with Gasteiger partial charge in [0.2, 0.25) is 0 Å². The van der Waals surface area contributed by atoms with Crippen molar-refractivity contribution in [3.05, 3.63) is 52.9 Å². The van der Waals surface area contributed by atoms with Crippen LogP contribution < -0.4 is 5.32 Å². The predicted molar refractivity (Wildman–Crippen MR) is 71.2 cm³/mol. The Kier molecular flexibility index (Phi) is 2.71. The Balaban J connectivity index is 1.90. The molecule has 0 amide bonds. The Hall–Kier alpha value is -1.94. The second kappa shape index (κ2) is 4.51. The standard InChI is InChI=1S/C13H11N3S/c1-2-4-12-11(3-1)13(8-15-16-12)14-7-10-5-6-17-9-10/h1-6,8-9H,7H2,(H,14,16). The molecule has 0 aliphatic carbocycles. The van der Waals surface area contributed by atoms with E-state index in [1.807, 2.05) is 18.2 Å². The maximum Gasteiger partial charge on any atom is 0.0950 e. The molecule has 0 aliphatic rings. The largest absolute Gasteiger partial charge is 0.379 e. The van der Waals surface area contributed by atoms with Gasteiger partial charge in [0.1, 0.15) is 0 Å². The van der Waals surface area contributed by atoms with Crippen molar-refractivity contribution in [3.63, 3.8) is 0 Å². The van der Waals surface area contributed by atoms with Crippen LogP contribution in [0.15, 0.2) is 47.3 Å². The highest BCUT2D eigenvalue weighted by Crippen LogP contribution is 2.20. The minimum Gasteiger partial charge on any atom is -0.379 e. The van der Waals surface area contributed by atoms with Crippen LogP contribution >= 0.6 is 11.3 Å². The van der Waals surface area contributed by atoms with Gasteiger partial charge in [-0.2, -0.15) is 21.5 Å². The van der Waals surface area contributed by atoms with Crippen molar-refractivity contribution in [3.8, 4) is 0 Å². The SMILES string of the molecule is c1ccc2c(NCc3ccsc3)cnnc2c1. The van der Waals surface area contributed by atoms with Crippen molar-refractivity contribution in [2.45, 2.75) is 6.54 Å². The van der Waals surface area contributed by atoms with Crippen molar-refractivity contribution in [2.75, 3.05) is 5.32 Å². The first-order valence-electron chi connectivity index (χ1n) is 5.39. The van der Waals surface area contributed by atoms with E-state index in [0.717, 1.165) is 23.1 Å². The predicted octanol–water partition coefficient (Wildman–Crippen LogP) is 3.30. The number of rotatable bonds is 3. The maximum atomic E-state index is 4.10. The van der Waals surface area contributed by atoms with Gasteiger partial charge in [-0.05, 0) is 28.5 Å². The van der Waals surface area contributed by atoms with Crippen LogP contribution in [0.5, 0.6) is 0 Å². The molecule has 2 aromatic heterocycles. The van der Waals surface area contributed by atoms with Gasteiger partial charge in [0.15, 0.2) is 0 Å². The number of anilines is 1. The second-order valence-electron chi connectivity index (χ2n) is 3.76. The molecule has 17 heavy (non-hydrogen) atoms. The van der Waals surface area contributed by atoms with Crippen LogP contribution in [0.2, 0.25) is 0 Å². The van der Waals surface area contributed by atoms with Gasteiger partial charge < -0.3 is 5.32 Å². The lowest BCUT2D eigenvalue weighted by molar-refractivity contribution is 1.06. The summed E-state index contributed by atoms with van der Waals surface area (Å²) in [5.41, 5.74) is 3.24. The van der Waals surface area contributed by atoms with E-state index in [1.165, 1.54) is 5.56 Å². The van der Waals surface area contributed by atoms with E-state index in [9.17, 15) is 0 Å². The highest BCUT2D eigenvalue weighted by atomic mass is 32.1. The van der Waals surface area contributed by atoms with Crippen molar-refractivity contribution in [1.82, 2.24) is 10.2 Å². The third-order valence-electron chi connectivity index (χ3n) is 2.61. The normalized spacial score (nSPS) is 10.6. The maximum absolute atomic E-state index is 4.10. The summed E-state index contributed by atoms with van der Waals surface area (Å²) in [5.74, 6) is 0. The van der Waals surface area contributed by atoms with E-state index in [4.69, 9.17) is 0 Å². The van der Waals surface area contributed by atoms with E-state index in [1.54, 1.807) is 17.5 Å². The highest BCUT2D eigenvalue weighted by Gasteiger charge is 2.01. The van der Waals surface area contributed by atoms with E-state index < -0.39 is 0 Å². The molecule has 0 radical (unpaired) electrons. The summed E-state index contributed by atoms with van der Waals surface area (Å²) < 4.78 is 0. The second-order valence-corrected chi connectivity index (χ2v) is 4.54. The van der Waals surface area contributed by atoms with Gasteiger partial charge in [-0.3, -0.25) is 0 Å². The molecule has 0 saturated carbocycles. The Morgan fingerprint density at radius 1 is 1.18 bits per heavy atom. The zero-order valence-corrected chi connectivity index (χ0v) is 9.95. The number of hydrogen-bond donors (Lipinski definition) is 1. The number of nitrogens with zero attached hydrogens (tertiary/aromatic N) is 2. The molecule has 0 fully saturated rings. The molecule has 0 unspecified atom stereocenters. The number of thiophene rings is 1. The van der Waals surface area contributed by atoms with E-state index >= 15 is 0 Å². The fraction of sp³-hybridized carbons (Fsp3) is 0.0769. The number of hydrogen-bond acceptors (Lipinski definition) is 4. The van der Waals surface area contributed by atoms with Crippen LogP contribution in [0.3, 0.4) is 0 Å². The molecule has 3 rings (SSSR count). The lowest BCUT2D eigenvalue weighted by Crippen LogP contribution is -2.00. The topological polar surface area (TPSA) is 37.8 Å². The van der Waals surface area contributed by atoms with E-state index in [-0.39, 0.29) is 0 Å². The first-order valence-corrected chi connectivity index (χ1v) is 6.33. The summed E-state index contributed by atoms with van der Waals surface area (Å²) in [6.45, 7) is 0.819. The van der Waals surface area contributed by atoms with Crippen LogP contribution in [-0.4, -0.2) is 10.2 Å². The van der Waals surface area contributed by atoms with Crippen molar-refractivity contribution in [1.29, 1.82) is 0 Å². The number of nitrogens with one attached hydrogen (secondary N) is 1. The monoisotopic (exact) mass is 241 g/mol. The zero-order chi connectivity index (χ0) is 11.5. The van der Waals surface area contributed by atoms with Gasteiger partial charge in [-0.25, -0.2) is 0 Å². The Bertz CT molecular complexity index is 614.